The summed E-state index contributed by atoms with van der Waals surface area (Å²) in [6.45, 7) is 2.15. The molecule has 7 heteroatoms. The first kappa shape index (κ1) is 16.4. The van der Waals surface area contributed by atoms with E-state index < -0.39 is 11.2 Å². The first-order valence-corrected chi connectivity index (χ1v) is 7.56. The second-order valence-electron chi connectivity index (χ2n) is 4.36. The zero-order valence-electron chi connectivity index (χ0n) is 11.5. The molecule has 1 aromatic heterocycles. The van der Waals surface area contributed by atoms with Crippen LogP contribution in [0.4, 0.5) is 0 Å². The molecule has 0 bridgehead atoms. The van der Waals surface area contributed by atoms with E-state index in [1.807, 2.05) is 0 Å². The van der Waals surface area contributed by atoms with Gasteiger partial charge in [0, 0.05) is 6.42 Å². The average Bonchev–Trinajstić information content (AvgIpc) is 2.41. The smallest absolute Gasteiger partial charge is 0.295 e. The molecule has 0 aliphatic rings. The molecular formula is C13H19N3O3S. The molecule has 0 saturated heterocycles. The maximum Gasteiger partial charge on any atom is 0.342 e. The molecule has 0 unspecified atom stereocenters. The third kappa shape index (κ3) is 6.51. The van der Waals surface area contributed by atoms with Gasteiger partial charge in [0.2, 0.25) is 0 Å². The van der Waals surface area contributed by atoms with Crippen molar-refractivity contribution in [2.45, 2.75) is 50.5 Å². The van der Waals surface area contributed by atoms with Crippen molar-refractivity contribution in [1.29, 1.82) is 0 Å². The number of hydrogen-bond donors (Lipinski definition) is 2. The predicted molar refractivity (Wildman–Crippen MR) is 78.9 cm³/mol. The van der Waals surface area contributed by atoms with Crippen LogP contribution in [-0.4, -0.2) is 21.0 Å². The van der Waals surface area contributed by atoms with Crippen molar-refractivity contribution in [1.82, 2.24) is 15.2 Å². The molecule has 0 radical (unpaired) electrons. The molecule has 1 rings (SSSR count). The van der Waals surface area contributed by atoms with Crippen LogP contribution in [0, 0.1) is 0 Å². The number of carbonyl (C=O) groups excluding carboxylic acids is 1. The fraction of sp³-hybridized carbons (Fsp3) is 0.538. The summed E-state index contributed by atoms with van der Waals surface area (Å²) in [4.78, 5) is 35.7. The van der Waals surface area contributed by atoms with Crippen molar-refractivity contribution in [2.24, 2.45) is 0 Å². The van der Waals surface area contributed by atoms with Gasteiger partial charge in [-0.05, 0) is 17.9 Å². The Morgan fingerprint density at radius 3 is 2.70 bits per heavy atom. The Balaban J connectivity index is 2.31. The Morgan fingerprint density at radius 2 is 2.00 bits per heavy atom. The first-order chi connectivity index (χ1) is 9.63. The van der Waals surface area contributed by atoms with E-state index in [1.54, 1.807) is 0 Å². The van der Waals surface area contributed by atoms with E-state index in [2.05, 4.69) is 22.1 Å². The molecule has 6 nitrogen and oxygen atoms in total. The maximum absolute atomic E-state index is 11.5. The second kappa shape index (κ2) is 9.30. The summed E-state index contributed by atoms with van der Waals surface area (Å²) >= 11 is 1.01. The van der Waals surface area contributed by atoms with Crippen LogP contribution >= 0.6 is 11.8 Å². The molecule has 1 aromatic rings. The highest BCUT2D eigenvalue weighted by molar-refractivity contribution is 8.02. The number of H-pyrrole nitrogens is 2. The van der Waals surface area contributed by atoms with Crippen molar-refractivity contribution in [2.75, 3.05) is 0 Å². The Bertz CT molecular complexity index is 562. The molecule has 0 spiro atoms. The number of nitrogens with zero attached hydrogens (tertiary/aromatic N) is 1. The summed E-state index contributed by atoms with van der Waals surface area (Å²) in [5.74, 6) is 0.0369. The third-order valence-electron chi connectivity index (χ3n) is 2.64. The Hall–Kier alpha value is -1.63. The minimum Gasteiger partial charge on any atom is -0.295 e. The molecular weight excluding hydrogens is 278 g/mol. The summed E-state index contributed by atoms with van der Waals surface area (Å²) < 4.78 is 0. The SMILES string of the molecule is CCCCCCCC(=O)C=CSc1n[nH]c(=O)[nH]c1=O. The Kier molecular flexibility index (Phi) is 7.64. The fourth-order valence-corrected chi connectivity index (χ4v) is 2.18. The van der Waals surface area contributed by atoms with E-state index in [0.29, 0.717) is 6.42 Å². The quantitative estimate of drug-likeness (QED) is 0.413. The van der Waals surface area contributed by atoms with E-state index in [-0.39, 0.29) is 10.8 Å². The number of carbonyl (C=O) groups is 1. The van der Waals surface area contributed by atoms with Gasteiger partial charge in [-0.3, -0.25) is 14.6 Å². The number of nitrogens with one attached hydrogen (secondary N) is 2. The van der Waals surface area contributed by atoms with Crippen molar-refractivity contribution in [3.63, 3.8) is 0 Å². The van der Waals surface area contributed by atoms with Gasteiger partial charge in [-0.15, -0.1) is 0 Å². The van der Waals surface area contributed by atoms with Crippen molar-refractivity contribution in [3.8, 4) is 0 Å². The van der Waals surface area contributed by atoms with Gasteiger partial charge in [-0.2, -0.15) is 5.10 Å². The zero-order chi connectivity index (χ0) is 14.8. The van der Waals surface area contributed by atoms with Crippen LogP contribution in [-0.2, 0) is 4.79 Å². The van der Waals surface area contributed by atoms with E-state index in [1.165, 1.54) is 30.7 Å². The molecule has 110 valence electrons. The fourth-order valence-electron chi connectivity index (χ4n) is 1.58. The van der Waals surface area contributed by atoms with Crippen LogP contribution in [0.25, 0.3) is 0 Å². The van der Waals surface area contributed by atoms with Crippen LogP contribution in [0.15, 0.2) is 26.1 Å². The van der Waals surface area contributed by atoms with Crippen LogP contribution in [0.1, 0.15) is 45.4 Å². The van der Waals surface area contributed by atoms with Crippen LogP contribution < -0.4 is 11.2 Å². The van der Waals surface area contributed by atoms with Gasteiger partial charge in [0.05, 0.1) is 0 Å². The number of ketones is 1. The first-order valence-electron chi connectivity index (χ1n) is 6.68. The molecule has 0 saturated carbocycles. The van der Waals surface area contributed by atoms with Gasteiger partial charge in [-0.25, -0.2) is 9.89 Å². The number of unbranched alkanes of at least 4 members (excludes halogenated alkanes) is 4. The molecule has 0 aliphatic heterocycles. The largest absolute Gasteiger partial charge is 0.342 e. The van der Waals surface area contributed by atoms with E-state index in [9.17, 15) is 14.4 Å². The Labute approximate surface area is 121 Å². The molecule has 2 N–H and O–H groups in total. The highest BCUT2D eigenvalue weighted by atomic mass is 32.2. The summed E-state index contributed by atoms with van der Waals surface area (Å²) in [6.07, 6.45) is 7.49. The molecule has 20 heavy (non-hydrogen) atoms. The maximum atomic E-state index is 11.5. The van der Waals surface area contributed by atoms with Crippen LogP contribution in [0.3, 0.4) is 0 Å². The predicted octanol–water partition coefficient (Wildman–Crippen LogP) is 1.99. The zero-order valence-corrected chi connectivity index (χ0v) is 12.3. The topological polar surface area (TPSA) is 95.7 Å². The average molecular weight is 297 g/mol. The molecule has 0 aliphatic carbocycles. The molecule has 0 fully saturated rings. The van der Waals surface area contributed by atoms with Crippen LogP contribution in [0.2, 0.25) is 0 Å². The van der Waals surface area contributed by atoms with E-state index in [0.717, 1.165) is 24.6 Å². The van der Waals surface area contributed by atoms with Crippen LogP contribution in [0.5, 0.6) is 0 Å². The number of aromatic amines is 2. The lowest BCUT2D eigenvalue weighted by molar-refractivity contribution is -0.114. The lowest BCUT2D eigenvalue weighted by atomic mass is 10.1. The summed E-state index contributed by atoms with van der Waals surface area (Å²) in [6, 6.07) is 0. The lowest BCUT2D eigenvalue weighted by Crippen LogP contribution is -2.24. The minimum atomic E-state index is -0.647. The third-order valence-corrected chi connectivity index (χ3v) is 3.41. The van der Waals surface area contributed by atoms with Gasteiger partial charge in [0.15, 0.2) is 10.8 Å². The summed E-state index contributed by atoms with van der Waals surface area (Å²) in [5.41, 5.74) is -1.21. The number of thioether (sulfide) groups is 1. The molecule has 0 amide bonds. The highest BCUT2D eigenvalue weighted by Crippen LogP contribution is 2.11. The summed E-state index contributed by atoms with van der Waals surface area (Å²) in [7, 11) is 0. The van der Waals surface area contributed by atoms with Crippen molar-refractivity contribution < 1.29 is 4.79 Å². The number of hydrogen-bond acceptors (Lipinski definition) is 5. The van der Waals surface area contributed by atoms with Gasteiger partial charge in [-0.1, -0.05) is 44.4 Å². The van der Waals surface area contributed by atoms with Gasteiger partial charge in [0.1, 0.15) is 0 Å². The molecule has 0 atom stereocenters. The summed E-state index contributed by atoms with van der Waals surface area (Å²) in [5, 5.41) is 7.35. The standard InChI is InChI=1S/C13H19N3O3S/c1-2-3-4-5-6-7-10(17)8-9-20-12-11(18)14-13(19)16-15-12/h8-9H,2-7H2,1H3,(H2,14,16,18,19). The second-order valence-corrected chi connectivity index (χ2v) is 5.26. The lowest BCUT2D eigenvalue weighted by Gasteiger charge is -1.97. The van der Waals surface area contributed by atoms with Crippen molar-refractivity contribution in [3.05, 3.63) is 32.3 Å². The van der Waals surface area contributed by atoms with E-state index >= 15 is 0 Å². The van der Waals surface area contributed by atoms with Gasteiger partial charge < -0.3 is 0 Å². The molecule has 1 heterocycles. The van der Waals surface area contributed by atoms with Gasteiger partial charge >= 0.3 is 5.69 Å². The van der Waals surface area contributed by atoms with Gasteiger partial charge in [0.25, 0.3) is 5.56 Å². The molecule has 0 aromatic carbocycles. The number of rotatable bonds is 9. The van der Waals surface area contributed by atoms with E-state index in [4.69, 9.17) is 0 Å². The number of aromatic nitrogens is 3. The minimum absolute atomic E-state index is 0.0369. The van der Waals surface area contributed by atoms with Crippen molar-refractivity contribution >= 4 is 17.5 Å². The normalized spacial score (nSPS) is 11.1. The number of allylic oxidation sites excluding steroid dienone is 1. The Morgan fingerprint density at radius 1 is 1.25 bits per heavy atom. The highest BCUT2D eigenvalue weighted by Gasteiger charge is 2.01. The monoisotopic (exact) mass is 297 g/mol.